The molecular formula is C45H38Zr. The van der Waals surface area contributed by atoms with Gasteiger partial charge in [-0.1, -0.05) is 91.7 Å². The summed E-state index contributed by atoms with van der Waals surface area (Å²) in [5, 5.41) is 8.17. The summed E-state index contributed by atoms with van der Waals surface area (Å²) in [7, 11) is 0. The van der Waals surface area contributed by atoms with E-state index in [4.69, 9.17) is 0 Å². The predicted octanol–water partition coefficient (Wildman–Crippen LogP) is 11.9. The van der Waals surface area contributed by atoms with Crippen molar-refractivity contribution in [2.24, 2.45) is 0 Å². The van der Waals surface area contributed by atoms with Crippen LogP contribution in [0.15, 0.2) is 170 Å². The fraction of sp³-hybridized carbons (Fsp3) is 0.0889. The van der Waals surface area contributed by atoms with Crippen LogP contribution in [-0.4, -0.2) is 3.21 Å². The maximum Gasteiger partial charge on any atom is -0.0200 e. The molecule has 1 heteroatoms. The van der Waals surface area contributed by atoms with E-state index < -0.39 is 0 Å². The smallest absolute Gasteiger partial charge is 0.0200 e. The van der Waals surface area contributed by atoms with E-state index in [0.29, 0.717) is 0 Å². The SMILES string of the molecule is CCc1ccc2c(c1)[cH-]c1cc(CC)ccc12.[Zr+2]=[C](c1ccccc1)c1ccccc1.c1ccc(-c2ccc3[cH-]ccc3c2)cc1. The van der Waals surface area contributed by atoms with Crippen LogP contribution in [0.25, 0.3) is 43.4 Å². The molecular weight excluding hydrogens is 632 g/mol. The second-order valence-electron chi connectivity index (χ2n) is 11.5. The Kier molecular flexibility index (Phi) is 10.4. The Morgan fingerprint density at radius 2 is 1.02 bits per heavy atom. The zero-order valence-corrected chi connectivity index (χ0v) is 29.0. The van der Waals surface area contributed by atoms with E-state index in [1.54, 1.807) is 0 Å². The minimum atomic E-state index is 1.11. The molecule has 0 aliphatic rings. The summed E-state index contributed by atoms with van der Waals surface area (Å²) in [6, 6.07) is 60.6. The maximum absolute atomic E-state index is 2.32. The number of hydrogen-bond donors (Lipinski definition) is 0. The number of fused-ring (bicyclic) bond motifs is 4. The van der Waals surface area contributed by atoms with Crippen LogP contribution in [0.2, 0.25) is 0 Å². The van der Waals surface area contributed by atoms with Gasteiger partial charge in [0.25, 0.3) is 0 Å². The van der Waals surface area contributed by atoms with Gasteiger partial charge in [0.05, 0.1) is 0 Å². The largest absolute Gasteiger partial charge is 0.168 e. The van der Waals surface area contributed by atoms with Gasteiger partial charge >= 0.3 is 99.2 Å². The van der Waals surface area contributed by atoms with Crippen LogP contribution < -0.4 is 0 Å². The molecule has 0 unspecified atom stereocenters. The first-order chi connectivity index (χ1) is 22.6. The van der Waals surface area contributed by atoms with Crippen molar-refractivity contribution in [3.63, 3.8) is 0 Å². The van der Waals surface area contributed by atoms with Crippen LogP contribution in [0.4, 0.5) is 0 Å². The van der Waals surface area contributed by atoms with Gasteiger partial charge < -0.3 is 0 Å². The summed E-state index contributed by atoms with van der Waals surface area (Å²) in [5.74, 6) is 0. The Hall–Kier alpha value is -4.45. The topological polar surface area (TPSA) is 0 Å². The van der Waals surface area contributed by atoms with E-state index in [1.165, 1.54) is 93.1 Å². The van der Waals surface area contributed by atoms with E-state index in [-0.39, 0.29) is 0 Å². The Morgan fingerprint density at radius 3 is 1.54 bits per heavy atom. The third-order valence-corrected chi connectivity index (χ3v) is 9.94. The van der Waals surface area contributed by atoms with Crippen LogP contribution in [0.5, 0.6) is 0 Å². The standard InChI is InChI=1S/C17H17.C15H11.C13H10.Zr/c1-3-12-5-7-16-14(9-12)11-15-10-13(4-2)6-8-17(15)16;1-2-5-12(6-3-1)15-10-9-13-7-4-8-14(13)11-15;1-3-7-12(8-4-1)11-13-9-5-2-6-10-13;/h5-11H,3-4H2,1-2H3;1-11H;1-10H;/q2*-1;;+2. The molecule has 0 saturated heterocycles. The summed E-state index contributed by atoms with van der Waals surface area (Å²) in [6.07, 6.45) is 2.22. The maximum atomic E-state index is 2.32. The van der Waals surface area contributed by atoms with Gasteiger partial charge in [0.2, 0.25) is 0 Å². The molecule has 8 rings (SSSR count). The Balaban J connectivity index is 0.000000122. The Bertz CT molecular complexity index is 2060. The van der Waals surface area contributed by atoms with Gasteiger partial charge in [-0.2, -0.15) is 17.5 Å². The summed E-state index contributed by atoms with van der Waals surface area (Å²) in [6.45, 7) is 4.41. The first-order valence-electron chi connectivity index (χ1n) is 16.1. The van der Waals surface area contributed by atoms with Crippen molar-refractivity contribution in [2.75, 3.05) is 0 Å². The van der Waals surface area contributed by atoms with Gasteiger partial charge in [-0.15, -0.1) is 57.3 Å². The molecule has 8 aromatic rings. The molecule has 0 N–H and O–H groups in total. The van der Waals surface area contributed by atoms with E-state index in [9.17, 15) is 0 Å². The van der Waals surface area contributed by atoms with Crippen LogP contribution >= 0.6 is 0 Å². The normalized spacial score (nSPS) is 10.7. The molecule has 46 heavy (non-hydrogen) atoms. The fourth-order valence-corrected chi connectivity index (χ4v) is 6.69. The molecule has 0 nitrogen and oxygen atoms in total. The van der Waals surface area contributed by atoms with Crippen molar-refractivity contribution in [3.05, 3.63) is 192 Å². The zero-order chi connectivity index (χ0) is 31.7. The number of benzene rings is 6. The van der Waals surface area contributed by atoms with Gasteiger partial charge in [0.1, 0.15) is 0 Å². The van der Waals surface area contributed by atoms with E-state index in [0.717, 1.165) is 12.8 Å². The van der Waals surface area contributed by atoms with E-state index in [1.807, 2.05) is 6.07 Å². The van der Waals surface area contributed by atoms with Crippen LogP contribution in [0.3, 0.4) is 0 Å². The summed E-state index contributed by atoms with van der Waals surface area (Å²) in [5.41, 5.74) is 8.07. The number of rotatable bonds is 5. The molecule has 0 aromatic heterocycles. The van der Waals surface area contributed by atoms with Crippen molar-refractivity contribution in [3.8, 4) is 11.1 Å². The van der Waals surface area contributed by atoms with Crippen LogP contribution in [-0.2, 0) is 37.1 Å². The molecule has 0 bridgehead atoms. The van der Waals surface area contributed by atoms with Gasteiger partial charge in [-0.05, 0) is 24.0 Å². The first-order valence-corrected chi connectivity index (χ1v) is 17.4. The second-order valence-corrected chi connectivity index (χ2v) is 12.8. The van der Waals surface area contributed by atoms with Gasteiger partial charge in [0.15, 0.2) is 0 Å². The molecule has 0 fully saturated rings. The monoisotopic (exact) mass is 668 g/mol. The van der Waals surface area contributed by atoms with Crippen LogP contribution in [0, 0.1) is 0 Å². The van der Waals surface area contributed by atoms with Crippen molar-refractivity contribution < 1.29 is 24.2 Å². The number of aryl methyl sites for hydroxylation is 2. The van der Waals surface area contributed by atoms with Crippen molar-refractivity contribution in [1.29, 1.82) is 0 Å². The Morgan fingerprint density at radius 1 is 0.500 bits per heavy atom. The summed E-state index contributed by atoms with van der Waals surface area (Å²) < 4.78 is 1.42. The summed E-state index contributed by atoms with van der Waals surface area (Å²) in [4.78, 5) is 0. The fourth-order valence-electron chi connectivity index (χ4n) is 5.87. The molecule has 222 valence electrons. The van der Waals surface area contributed by atoms with Crippen molar-refractivity contribution in [2.45, 2.75) is 26.7 Å². The zero-order valence-electron chi connectivity index (χ0n) is 26.6. The van der Waals surface area contributed by atoms with E-state index >= 15 is 0 Å². The van der Waals surface area contributed by atoms with Crippen molar-refractivity contribution >= 4 is 35.5 Å². The minimum Gasteiger partial charge on any atom is -0.168 e. The molecule has 0 spiro atoms. The molecule has 8 aromatic carbocycles. The van der Waals surface area contributed by atoms with Gasteiger partial charge in [-0.3, -0.25) is 0 Å². The van der Waals surface area contributed by atoms with Crippen LogP contribution in [0.1, 0.15) is 36.1 Å². The summed E-state index contributed by atoms with van der Waals surface area (Å²) >= 11 is 1.46. The molecule has 0 heterocycles. The third kappa shape index (κ3) is 7.50. The average molecular weight is 670 g/mol. The molecule has 0 atom stereocenters. The first kappa shape index (κ1) is 31.5. The Labute approximate surface area is 288 Å². The average Bonchev–Trinajstić information content (AvgIpc) is 3.76. The van der Waals surface area contributed by atoms with E-state index in [2.05, 4.69) is 178 Å². The molecule has 0 aliphatic carbocycles. The molecule has 0 radical (unpaired) electrons. The van der Waals surface area contributed by atoms with Gasteiger partial charge in [-0.25, -0.2) is 0 Å². The molecule has 0 saturated carbocycles. The van der Waals surface area contributed by atoms with Gasteiger partial charge in [0, 0.05) is 0 Å². The quantitative estimate of drug-likeness (QED) is 0.160. The third-order valence-electron chi connectivity index (χ3n) is 8.52. The predicted molar refractivity (Wildman–Crippen MR) is 197 cm³/mol. The van der Waals surface area contributed by atoms with Crippen molar-refractivity contribution in [1.82, 2.24) is 0 Å². The second kappa shape index (κ2) is 15.2. The molecule has 0 amide bonds. The molecule has 0 aliphatic heterocycles. The minimum absolute atomic E-state index is 1.11. The number of hydrogen-bond acceptors (Lipinski definition) is 0.